The highest BCUT2D eigenvalue weighted by molar-refractivity contribution is 5.81. The lowest BCUT2D eigenvalue weighted by Gasteiger charge is -2.32. The van der Waals surface area contributed by atoms with Crippen molar-refractivity contribution in [3.8, 4) is 11.5 Å². The Bertz CT molecular complexity index is 467. The van der Waals surface area contributed by atoms with Crippen LogP contribution in [-0.2, 0) is 4.79 Å². The molecule has 1 amide bonds. The van der Waals surface area contributed by atoms with E-state index >= 15 is 0 Å². The van der Waals surface area contributed by atoms with Crippen LogP contribution in [0.3, 0.4) is 0 Å². The molecule has 1 atom stereocenters. The molecule has 5 heteroatoms. The summed E-state index contributed by atoms with van der Waals surface area (Å²) in [5.41, 5.74) is 0. The van der Waals surface area contributed by atoms with Crippen LogP contribution >= 0.6 is 0 Å². The minimum atomic E-state index is -0.502. The molecule has 0 aliphatic carbocycles. The summed E-state index contributed by atoms with van der Waals surface area (Å²) in [6.07, 6.45) is 1.52. The quantitative estimate of drug-likeness (QED) is 0.874. The van der Waals surface area contributed by atoms with Crippen molar-refractivity contribution in [1.29, 1.82) is 0 Å². The molecule has 22 heavy (non-hydrogen) atoms. The lowest BCUT2D eigenvalue weighted by atomic mass is 10.0. The third kappa shape index (κ3) is 4.63. The molecule has 1 aromatic rings. The number of methoxy groups -OCH3 is 1. The van der Waals surface area contributed by atoms with E-state index in [2.05, 4.69) is 17.1 Å². The Kier molecular flexibility index (Phi) is 6.07. The minimum absolute atomic E-state index is 0.0502. The van der Waals surface area contributed by atoms with Gasteiger partial charge in [-0.25, -0.2) is 0 Å². The molecule has 5 nitrogen and oxygen atoms in total. The van der Waals surface area contributed by atoms with Gasteiger partial charge in [0, 0.05) is 19.1 Å². The molecule has 1 aromatic carbocycles. The standard InChI is InChI=1S/C17H26N2O3/c1-4-19-11-9-14(10-12-19)18-17(20)13(2)22-16-7-5-15(21-3)6-8-16/h5-8,13-14H,4,9-12H2,1-3H3,(H,18,20)/t13-/m0/s1. The summed E-state index contributed by atoms with van der Waals surface area (Å²) in [6, 6.07) is 7.52. The molecular formula is C17H26N2O3. The van der Waals surface area contributed by atoms with Crippen LogP contribution in [0.15, 0.2) is 24.3 Å². The van der Waals surface area contributed by atoms with Crippen LogP contribution in [0, 0.1) is 0 Å². The number of piperidine rings is 1. The molecule has 0 radical (unpaired) electrons. The molecule has 1 saturated heterocycles. The zero-order valence-electron chi connectivity index (χ0n) is 13.7. The number of amides is 1. The van der Waals surface area contributed by atoms with Crippen LogP contribution in [-0.4, -0.2) is 49.7 Å². The fourth-order valence-corrected chi connectivity index (χ4v) is 2.62. The highest BCUT2D eigenvalue weighted by atomic mass is 16.5. The van der Waals surface area contributed by atoms with E-state index < -0.39 is 6.10 Å². The molecule has 0 unspecified atom stereocenters. The van der Waals surface area contributed by atoms with E-state index in [9.17, 15) is 4.79 Å². The van der Waals surface area contributed by atoms with Gasteiger partial charge in [-0.05, 0) is 50.6 Å². The molecule has 1 fully saturated rings. The second-order valence-corrected chi connectivity index (χ2v) is 5.65. The first-order valence-corrected chi connectivity index (χ1v) is 7.95. The average molecular weight is 306 g/mol. The van der Waals surface area contributed by atoms with Crippen LogP contribution in [0.25, 0.3) is 0 Å². The van der Waals surface area contributed by atoms with Crippen molar-refractivity contribution < 1.29 is 14.3 Å². The Labute approximate surface area is 132 Å². The number of nitrogens with zero attached hydrogens (tertiary/aromatic N) is 1. The summed E-state index contributed by atoms with van der Waals surface area (Å²) >= 11 is 0. The molecule has 0 aromatic heterocycles. The second kappa shape index (κ2) is 8.03. The maximum atomic E-state index is 12.2. The van der Waals surface area contributed by atoms with Crippen molar-refractivity contribution >= 4 is 5.91 Å². The largest absolute Gasteiger partial charge is 0.497 e. The maximum absolute atomic E-state index is 12.2. The Hall–Kier alpha value is -1.75. The summed E-state index contributed by atoms with van der Waals surface area (Å²) in [4.78, 5) is 14.6. The summed E-state index contributed by atoms with van der Waals surface area (Å²) in [6.45, 7) is 7.13. The Morgan fingerprint density at radius 2 is 1.86 bits per heavy atom. The van der Waals surface area contributed by atoms with E-state index in [-0.39, 0.29) is 11.9 Å². The molecule has 122 valence electrons. The van der Waals surface area contributed by atoms with Gasteiger partial charge in [0.25, 0.3) is 5.91 Å². The predicted octanol–water partition coefficient (Wildman–Crippen LogP) is 2.06. The Balaban J connectivity index is 1.79. The van der Waals surface area contributed by atoms with Crippen LogP contribution in [0.2, 0.25) is 0 Å². The van der Waals surface area contributed by atoms with Gasteiger partial charge < -0.3 is 19.7 Å². The number of carbonyl (C=O) groups excluding carboxylic acids is 1. The van der Waals surface area contributed by atoms with E-state index in [1.54, 1.807) is 14.0 Å². The van der Waals surface area contributed by atoms with Gasteiger partial charge in [-0.3, -0.25) is 4.79 Å². The third-order valence-electron chi connectivity index (χ3n) is 4.12. The molecule has 1 heterocycles. The lowest BCUT2D eigenvalue weighted by Crippen LogP contribution is -2.48. The zero-order valence-corrected chi connectivity index (χ0v) is 13.7. The van der Waals surface area contributed by atoms with Gasteiger partial charge in [0.15, 0.2) is 6.10 Å². The highest BCUT2D eigenvalue weighted by Crippen LogP contribution is 2.18. The van der Waals surface area contributed by atoms with E-state index in [4.69, 9.17) is 9.47 Å². The summed E-state index contributed by atoms with van der Waals surface area (Å²) in [5.74, 6) is 1.39. The number of carbonyl (C=O) groups is 1. The number of hydrogen-bond acceptors (Lipinski definition) is 4. The highest BCUT2D eigenvalue weighted by Gasteiger charge is 2.22. The first kappa shape index (κ1) is 16.6. The van der Waals surface area contributed by atoms with Crippen molar-refractivity contribution in [2.45, 2.75) is 38.8 Å². The van der Waals surface area contributed by atoms with Crippen LogP contribution in [0.4, 0.5) is 0 Å². The topological polar surface area (TPSA) is 50.8 Å². The first-order valence-electron chi connectivity index (χ1n) is 7.95. The van der Waals surface area contributed by atoms with Crippen LogP contribution in [0.1, 0.15) is 26.7 Å². The SMILES string of the molecule is CCN1CCC(NC(=O)[C@H](C)Oc2ccc(OC)cc2)CC1. The van der Waals surface area contributed by atoms with Gasteiger partial charge >= 0.3 is 0 Å². The van der Waals surface area contributed by atoms with Gasteiger partial charge in [0.2, 0.25) is 0 Å². The number of rotatable bonds is 6. The molecule has 0 bridgehead atoms. The predicted molar refractivity (Wildman–Crippen MR) is 86.4 cm³/mol. The van der Waals surface area contributed by atoms with Crippen molar-refractivity contribution in [1.82, 2.24) is 10.2 Å². The van der Waals surface area contributed by atoms with Gasteiger partial charge in [0.05, 0.1) is 7.11 Å². The number of nitrogens with one attached hydrogen (secondary N) is 1. The van der Waals surface area contributed by atoms with E-state index in [1.165, 1.54) is 0 Å². The smallest absolute Gasteiger partial charge is 0.260 e. The summed E-state index contributed by atoms with van der Waals surface area (Å²) in [7, 11) is 1.62. The zero-order chi connectivity index (χ0) is 15.9. The number of hydrogen-bond donors (Lipinski definition) is 1. The minimum Gasteiger partial charge on any atom is -0.497 e. The number of ether oxygens (including phenoxy) is 2. The fourth-order valence-electron chi connectivity index (χ4n) is 2.62. The molecule has 2 rings (SSSR count). The second-order valence-electron chi connectivity index (χ2n) is 5.65. The van der Waals surface area contributed by atoms with E-state index in [1.807, 2.05) is 24.3 Å². The van der Waals surface area contributed by atoms with Gasteiger partial charge in [0.1, 0.15) is 11.5 Å². The molecule has 0 spiro atoms. The van der Waals surface area contributed by atoms with Gasteiger partial charge in [-0.15, -0.1) is 0 Å². The summed E-state index contributed by atoms with van der Waals surface area (Å²) in [5, 5.41) is 3.09. The molecule has 1 aliphatic heterocycles. The normalized spacial score (nSPS) is 17.8. The molecule has 1 aliphatic rings. The fraction of sp³-hybridized carbons (Fsp3) is 0.588. The number of benzene rings is 1. The lowest BCUT2D eigenvalue weighted by molar-refractivity contribution is -0.128. The Morgan fingerprint density at radius 1 is 1.27 bits per heavy atom. The third-order valence-corrected chi connectivity index (χ3v) is 4.12. The summed E-state index contributed by atoms with van der Waals surface area (Å²) < 4.78 is 10.8. The monoisotopic (exact) mass is 306 g/mol. The first-order chi connectivity index (χ1) is 10.6. The average Bonchev–Trinajstić information content (AvgIpc) is 2.56. The van der Waals surface area contributed by atoms with Crippen molar-refractivity contribution in [2.24, 2.45) is 0 Å². The van der Waals surface area contributed by atoms with E-state index in [0.29, 0.717) is 5.75 Å². The van der Waals surface area contributed by atoms with Gasteiger partial charge in [-0.1, -0.05) is 6.92 Å². The van der Waals surface area contributed by atoms with Crippen LogP contribution < -0.4 is 14.8 Å². The van der Waals surface area contributed by atoms with Crippen molar-refractivity contribution in [3.05, 3.63) is 24.3 Å². The van der Waals surface area contributed by atoms with Crippen molar-refractivity contribution in [2.75, 3.05) is 26.7 Å². The van der Waals surface area contributed by atoms with E-state index in [0.717, 1.165) is 38.2 Å². The maximum Gasteiger partial charge on any atom is 0.260 e. The molecule has 1 N–H and O–H groups in total. The Morgan fingerprint density at radius 3 is 2.41 bits per heavy atom. The van der Waals surface area contributed by atoms with Crippen molar-refractivity contribution in [3.63, 3.8) is 0 Å². The molecular weight excluding hydrogens is 280 g/mol. The van der Waals surface area contributed by atoms with Crippen LogP contribution in [0.5, 0.6) is 11.5 Å². The molecule has 0 saturated carbocycles. The van der Waals surface area contributed by atoms with Gasteiger partial charge in [-0.2, -0.15) is 0 Å². The number of likely N-dealkylation sites (tertiary alicyclic amines) is 1.